The maximum Gasteiger partial charge on any atom is 0.336 e. The number of ether oxygens (including phenoxy) is 1. The van der Waals surface area contributed by atoms with Gasteiger partial charge in [0.05, 0.1) is 23.1 Å². The molecule has 1 amide bonds. The van der Waals surface area contributed by atoms with Crippen LogP contribution in [0.4, 0.5) is 11.4 Å². The molecular formula is C21H18N2O6S. The Morgan fingerprint density at radius 2 is 1.40 bits per heavy atom. The van der Waals surface area contributed by atoms with Gasteiger partial charge in [0.2, 0.25) is 0 Å². The van der Waals surface area contributed by atoms with Gasteiger partial charge >= 0.3 is 5.97 Å². The summed E-state index contributed by atoms with van der Waals surface area (Å²) in [6, 6.07) is 17.7. The van der Waals surface area contributed by atoms with Crippen LogP contribution in [0.5, 0.6) is 5.75 Å². The van der Waals surface area contributed by atoms with Crippen molar-refractivity contribution in [1.29, 1.82) is 0 Å². The van der Waals surface area contributed by atoms with Crippen molar-refractivity contribution < 1.29 is 27.9 Å². The van der Waals surface area contributed by atoms with E-state index < -0.39 is 21.9 Å². The van der Waals surface area contributed by atoms with Crippen LogP contribution in [0.3, 0.4) is 0 Å². The topological polar surface area (TPSA) is 122 Å². The first-order valence-corrected chi connectivity index (χ1v) is 10.2. The lowest BCUT2D eigenvalue weighted by Crippen LogP contribution is -2.16. The zero-order chi connectivity index (χ0) is 21.7. The van der Waals surface area contributed by atoms with Crippen LogP contribution in [-0.4, -0.2) is 32.5 Å². The van der Waals surface area contributed by atoms with Crippen LogP contribution in [0, 0.1) is 0 Å². The summed E-state index contributed by atoms with van der Waals surface area (Å²) in [6.07, 6.45) is 0. The predicted octanol–water partition coefficient (Wildman–Crippen LogP) is 3.45. The van der Waals surface area contributed by atoms with Crippen molar-refractivity contribution in [2.45, 2.75) is 4.90 Å². The minimum Gasteiger partial charge on any atom is -0.497 e. The van der Waals surface area contributed by atoms with Crippen molar-refractivity contribution in [1.82, 2.24) is 0 Å². The lowest BCUT2D eigenvalue weighted by atomic mass is 10.1. The molecule has 0 aliphatic rings. The van der Waals surface area contributed by atoms with Crippen molar-refractivity contribution in [3.63, 3.8) is 0 Å². The van der Waals surface area contributed by atoms with Crippen LogP contribution in [0.25, 0.3) is 0 Å². The van der Waals surface area contributed by atoms with Crippen LogP contribution in [0.2, 0.25) is 0 Å². The molecular weight excluding hydrogens is 408 g/mol. The van der Waals surface area contributed by atoms with Crippen LogP contribution in [-0.2, 0) is 10.0 Å². The Kier molecular flexibility index (Phi) is 6.03. The second-order valence-corrected chi connectivity index (χ2v) is 7.85. The second kappa shape index (κ2) is 8.66. The molecule has 0 saturated heterocycles. The first kappa shape index (κ1) is 20.9. The van der Waals surface area contributed by atoms with E-state index in [1.54, 1.807) is 30.3 Å². The molecule has 8 nitrogen and oxygen atoms in total. The predicted molar refractivity (Wildman–Crippen MR) is 112 cm³/mol. The van der Waals surface area contributed by atoms with Crippen LogP contribution in [0.15, 0.2) is 77.7 Å². The minimum absolute atomic E-state index is 0.00209. The molecule has 0 bridgehead atoms. The zero-order valence-electron chi connectivity index (χ0n) is 15.8. The van der Waals surface area contributed by atoms with E-state index in [4.69, 9.17) is 4.74 Å². The van der Waals surface area contributed by atoms with E-state index in [1.165, 1.54) is 49.6 Å². The lowest BCUT2D eigenvalue weighted by Gasteiger charge is -2.10. The smallest absolute Gasteiger partial charge is 0.336 e. The third kappa shape index (κ3) is 4.76. The number of sulfonamides is 1. The SMILES string of the molecule is COc1ccc(NS(=O)(=O)c2ccc(NC(=O)c3ccccc3C(=O)O)cc2)cc1. The molecule has 3 aromatic carbocycles. The van der Waals surface area contributed by atoms with Gasteiger partial charge in [0.15, 0.2) is 0 Å². The fraction of sp³-hybridized carbons (Fsp3) is 0.0476. The first-order chi connectivity index (χ1) is 14.3. The molecule has 0 aliphatic carbocycles. The molecule has 3 rings (SSSR count). The molecule has 9 heteroatoms. The summed E-state index contributed by atoms with van der Waals surface area (Å²) in [5.41, 5.74) is 0.572. The molecule has 0 atom stereocenters. The van der Waals surface area contributed by atoms with E-state index in [1.807, 2.05) is 0 Å². The highest BCUT2D eigenvalue weighted by molar-refractivity contribution is 7.92. The average Bonchev–Trinajstić information content (AvgIpc) is 2.74. The van der Waals surface area contributed by atoms with Crippen molar-refractivity contribution in [3.05, 3.63) is 83.9 Å². The van der Waals surface area contributed by atoms with Gasteiger partial charge in [-0.1, -0.05) is 12.1 Å². The number of carbonyl (C=O) groups excluding carboxylic acids is 1. The molecule has 0 radical (unpaired) electrons. The molecule has 0 aromatic heterocycles. The van der Waals surface area contributed by atoms with E-state index >= 15 is 0 Å². The van der Waals surface area contributed by atoms with E-state index in [2.05, 4.69) is 10.0 Å². The van der Waals surface area contributed by atoms with Crippen molar-refractivity contribution in [3.8, 4) is 5.75 Å². The number of hydrogen-bond donors (Lipinski definition) is 3. The molecule has 0 fully saturated rings. The van der Waals surface area contributed by atoms with Gasteiger partial charge in [-0.05, 0) is 60.7 Å². The highest BCUT2D eigenvalue weighted by Gasteiger charge is 2.17. The summed E-state index contributed by atoms with van der Waals surface area (Å²) in [7, 11) is -2.32. The van der Waals surface area contributed by atoms with E-state index in [-0.39, 0.29) is 16.0 Å². The van der Waals surface area contributed by atoms with Gasteiger partial charge in [0, 0.05) is 11.4 Å². The molecule has 0 heterocycles. The standard InChI is InChI=1S/C21H18N2O6S/c1-29-16-10-6-15(7-11-16)23-30(27,28)17-12-8-14(9-13-17)22-20(24)18-4-2-3-5-19(18)21(25)26/h2-13,23H,1H3,(H,22,24)(H,25,26). The summed E-state index contributed by atoms with van der Waals surface area (Å²) >= 11 is 0. The van der Waals surface area contributed by atoms with Crippen LogP contribution >= 0.6 is 0 Å². The number of carboxylic acid groups (broad SMARTS) is 1. The fourth-order valence-electron chi connectivity index (χ4n) is 2.66. The zero-order valence-corrected chi connectivity index (χ0v) is 16.6. The van der Waals surface area contributed by atoms with E-state index in [0.717, 1.165) is 0 Å². The fourth-order valence-corrected chi connectivity index (χ4v) is 3.72. The largest absolute Gasteiger partial charge is 0.497 e. The number of rotatable bonds is 7. The highest BCUT2D eigenvalue weighted by atomic mass is 32.2. The van der Waals surface area contributed by atoms with Crippen LogP contribution < -0.4 is 14.8 Å². The maximum absolute atomic E-state index is 12.5. The van der Waals surface area contributed by atoms with Gasteiger partial charge < -0.3 is 15.2 Å². The molecule has 30 heavy (non-hydrogen) atoms. The number of anilines is 2. The van der Waals surface area contributed by atoms with Gasteiger partial charge in [-0.2, -0.15) is 0 Å². The van der Waals surface area contributed by atoms with Crippen molar-refractivity contribution in [2.75, 3.05) is 17.1 Å². The Labute approximate surface area is 173 Å². The summed E-state index contributed by atoms with van der Waals surface area (Å²) in [6.45, 7) is 0. The first-order valence-electron chi connectivity index (χ1n) is 8.71. The maximum atomic E-state index is 12.5. The van der Waals surface area contributed by atoms with Crippen molar-refractivity contribution in [2.24, 2.45) is 0 Å². The van der Waals surface area contributed by atoms with Gasteiger partial charge in [-0.3, -0.25) is 9.52 Å². The van der Waals surface area contributed by atoms with Gasteiger partial charge in [-0.15, -0.1) is 0 Å². The second-order valence-electron chi connectivity index (χ2n) is 6.16. The number of hydrogen-bond acceptors (Lipinski definition) is 5. The number of methoxy groups -OCH3 is 1. The number of carbonyl (C=O) groups is 2. The van der Waals surface area contributed by atoms with Gasteiger partial charge in [0.25, 0.3) is 15.9 Å². The summed E-state index contributed by atoms with van der Waals surface area (Å²) in [5, 5.41) is 11.8. The quantitative estimate of drug-likeness (QED) is 0.532. The summed E-state index contributed by atoms with van der Waals surface area (Å²) in [5.74, 6) is -1.23. The molecule has 3 aromatic rings. The Bertz CT molecular complexity index is 1170. The van der Waals surface area contributed by atoms with E-state index in [0.29, 0.717) is 17.1 Å². The molecule has 0 spiro atoms. The summed E-state index contributed by atoms with van der Waals surface area (Å²) < 4.78 is 32.6. The van der Waals surface area contributed by atoms with Gasteiger partial charge in [0.1, 0.15) is 5.75 Å². The minimum atomic E-state index is -3.83. The van der Waals surface area contributed by atoms with Crippen LogP contribution in [0.1, 0.15) is 20.7 Å². The average molecular weight is 426 g/mol. The molecule has 154 valence electrons. The van der Waals surface area contributed by atoms with E-state index in [9.17, 15) is 23.1 Å². The molecule has 3 N–H and O–H groups in total. The number of aromatic carboxylic acids is 1. The number of nitrogens with one attached hydrogen (secondary N) is 2. The number of benzene rings is 3. The third-order valence-electron chi connectivity index (χ3n) is 4.17. The molecule has 0 unspecified atom stereocenters. The number of amides is 1. The highest BCUT2D eigenvalue weighted by Crippen LogP contribution is 2.21. The monoisotopic (exact) mass is 426 g/mol. The summed E-state index contributed by atoms with van der Waals surface area (Å²) in [4.78, 5) is 23.7. The molecule has 0 aliphatic heterocycles. The Hall–Kier alpha value is -3.85. The normalized spacial score (nSPS) is 10.8. The Morgan fingerprint density at radius 1 is 0.833 bits per heavy atom. The van der Waals surface area contributed by atoms with Crippen molar-refractivity contribution >= 4 is 33.3 Å². The Morgan fingerprint density at radius 3 is 1.97 bits per heavy atom. The number of carboxylic acids is 1. The lowest BCUT2D eigenvalue weighted by molar-refractivity contribution is 0.0692. The third-order valence-corrected chi connectivity index (χ3v) is 5.56. The Balaban J connectivity index is 1.74. The van der Waals surface area contributed by atoms with Gasteiger partial charge in [-0.25, -0.2) is 13.2 Å². The molecule has 0 saturated carbocycles.